The fourth-order valence-electron chi connectivity index (χ4n) is 1.89. The van der Waals surface area contributed by atoms with Gasteiger partial charge in [-0.1, -0.05) is 31.0 Å². The minimum Gasteiger partial charge on any atom is -0.175 e. The van der Waals surface area contributed by atoms with E-state index in [1.807, 2.05) is 11.8 Å². The highest BCUT2D eigenvalue weighted by atomic mass is 32.2. The second-order valence-electron chi connectivity index (χ2n) is 3.82. The van der Waals surface area contributed by atoms with Gasteiger partial charge in [0.15, 0.2) is 0 Å². The fraction of sp³-hybridized carbons (Fsp3) is 0.500. The lowest BCUT2D eigenvalue weighted by Crippen LogP contribution is -2.21. The molecule has 0 unspecified atom stereocenters. The number of rotatable bonds is 2. The van der Waals surface area contributed by atoms with Gasteiger partial charge in [-0.15, -0.1) is 11.8 Å². The summed E-state index contributed by atoms with van der Waals surface area (Å²) in [6.07, 6.45) is 5.35. The second kappa shape index (κ2) is 5.13. The van der Waals surface area contributed by atoms with Crippen LogP contribution < -0.4 is 0 Å². The highest BCUT2D eigenvalue weighted by Gasteiger charge is 2.22. The normalized spacial score (nSPS) is 27.5. The number of thioether (sulfide) groups is 1. The maximum atomic E-state index is 4.67. The molecule has 0 heterocycles. The molecular formula is C12H16S2. The lowest BCUT2D eigenvalue weighted by Gasteiger charge is -2.27. The van der Waals surface area contributed by atoms with E-state index in [0.29, 0.717) is 5.25 Å². The van der Waals surface area contributed by atoms with Gasteiger partial charge in [0.2, 0.25) is 0 Å². The number of benzene rings is 1. The van der Waals surface area contributed by atoms with Crippen LogP contribution >= 0.6 is 24.4 Å². The van der Waals surface area contributed by atoms with Crippen molar-refractivity contribution in [2.45, 2.75) is 41.1 Å². The van der Waals surface area contributed by atoms with Crippen LogP contribution in [0.25, 0.3) is 0 Å². The summed E-state index contributed by atoms with van der Waals surface area (Å²) < 4.78 is 0. The van der Waals surface area contributed by atoms with Gasteiger partial charge in [0.05, 0.1) is 0 Å². The molecule has 1 aromatic carbocycles. The molecule has 0 radical (unpaired) electrons. The molecule has 1 aliphatic carbocycles. The Morgan fingerprint density at radius 2 is 1.79 bits per heavy atom. The van der Waals surface area contributed by atoms with Gasteiger partial charge in [0.1, 0.15) is 0 Å². The molecule has 1 fully saturated rings. The lowest BCUT2D eigenvalue weighted by molar-refractivity contribution is 0.529. The van der Waals surface area contributed by atoms with Crippen molar-refractivity contribution in [1.29, 1.82) is 0 Å². The highest BCUT2D eigenvalue weighted by Crippen LogP contribution is 2.35. The first-order chi connectivity index (χ1) is 6.86. The maximum Gasteiger partial charge on any atom is 0.0211 e. The summed E-state index contributed by atoms with van der Waals surface area (Å²) in [6, 6.07) is 10.7. The smallest absolute Gasteiger partial charge is 0.0211 e. The van der Waals surface area contributed by atoms with Gasteiger partial charge in [-0.2, -0.15) is 12.6 Å². The Kier molecular flexibility index (Phi) is 3.82. The minimum atomic E-state index is 0.592. The Balaban J connectivity index is 1.96. The van der Waals surface area contributed by atoms with Gasteiger partial charge in [0, 0.05) is 15.4 Å². The summed E-state index contributed by atoms with van der Waals surface area (Å²) >= 11 is 6.66. The minimum absolute atomic E-state index is 0.592. The quantitative estimate of drug-likeness (QED) is 0.740. The topological polar surface area (TPSA) is 0 Å². The summed E-state index contributed by atoms with van der Waals surface area (Å²) in [5.74, 6) is 0. The lowest BCUT2D eigenvalue weighted by atomic mass is 10.00. The van der Waals surface area contributed by atoms with Crippen LogP contribution in [0.1, 0.15) is 25.7 Å². The predicted octanol–water partition coefficient (Wildman–Crippen LogP) is 4.02. The molecule has 1 aliphatic rings. The van der Waals surface area contributed by atoms with E-state index < -0.39 is 0 Å². The zero-order valence-electron chi connectivity index (χ0n) is 8.23. The monoisotopic (exact) mass is 224 g/mol. The Hall–Kier alpha value is -0.0800. The van der Waals surface area contributed by atoms with Gasteiger partial charge >= 0.3 is 0 Å². The van der Waals surface area contributed by atoms with E-state index in [9.17, 15) is 0 Å². The van der Waals surface area contributed by atoms with Crippen molar-refractivity contribution in [2.24, 2.45) is 0 Å². The number of hydrogen-bond acceptors (Lipinski definition) is 2. The van der Waals surface area contributed by atoms with Crippen LogP contribution in [-0.4, -0.2) is 10.5 Å². The first kappa shape index (κ1) is 10.4. The molecule has 2 heteroatoms. The molecule has 0 nitrogen and oxygen atoms in total. The van der Waals surface area contributed by atoms with Crippen LogP contribution in [0.2, 0.25) is 0 Å². The van der Waals surface area contributed by atoms with Crippen LogP contribution in [0.15, 0.2) is 35.2 Å². The van der Waals surface area contributed by atoms with Crippen molar-refractivity contribution in [2.75, 3.05) is 0 Å². The molecule has 0 bridgehead atoms. The van der Waals surface area contributed by atoms with Crippen molar-refractivity contribution in [3.05, 3.63) is 30.3 Å². The average molecular weight is 224 g/mol. The van der Waals surface area contributed by atoms with E-state index in [0.717, 1.165) is 5.25 Å². The molecule has 0 amide bonds. The molecule has 76 valence electrons. The van der Waals surface area contributed by atoms with E-state index in [1.165, 1.54) is 30.6 Å². The van der Waals surface area contributed by atoms with Crippen molar-refractivity contribution in [3.63, 3.8) is 0 Å². The van der Waals surface area contributed by atoms with Crippen molar-refractivity contribution >= 4 is 24.4 Å². The van der Waals surface area contributed by atoms with Gasteiger partial charge in [-0.25, -0.2) is 0 Å². The van der Waals surface area contributed by atoms with E-state index >= 15 is 0 Å². The van der Waals surface area contributed by atoms with Gasteiger partial charge < -0.3 is 0 Å². The van der Waals surface area contributed by atoms with E-state index in [2.05, 4.69) is 43.0 Å². The predicted molar refractivity (Wildman–Crippen MR) is 67.3 cm³/mol. The van der Waals surface area contributed by atoms with Crippen LogP contribution in [0, 0.1) is 0 Å². The summed E-state index contributed by atoms with van der Waals surface area (Å²) in [5.41, 5.74) is 0. The number of hydrogen-bond donors (Lipinski definition) is 1. The van der Waals surface area contributed by atoms with E-state index in [1.54, 1.807) is 0 Å². The molecule has 0 spiro atoms. The van der Waals surface area contributed by atoms with Crippen LogP contribution in [0.3, 0.4) is 0 Å². The summed E-state index contributed by atoms with van der Waals surface area (Å²) in [5, 5.41) is 1.31. The van der Waals surface area contributed by atoms with Crippen LogP contribution in [0.5, 0.6) is 0 Å². The molecule has 1 saturated carbocycles. The summed E-state index contributed by atoms with van der Waals surface area (Å²) in [6.45, 7) is 0. The molecule has 0 N–H and O–H groups in total. The van der Waals surface area contributed by atoms with E-state index in [4.69, 9.17) is 0 Å². The molecule has 0 saturated heterocycles. The average Bonchev–Trinajstić information content (AvgIpc) is 2.23. The third-order valence-electron chi connectivity index (χ3n) is 2.70. The summed E-state index contributed by atoms with van der Waals surface area (Å²) in [7, 11) is 0. The Morgan fingerprint density at radius 3 is 2.50 bits per heavy atom. The van der Waals surface area contributed by atoms with Gasteiger partial charge in [-0.3, -0.25) is 0 Å². The largest absolute Gasteiger partial charge is 0.175 e. The SMILES string of the molecule is S[C@@H]1CCCC[C@H]1Sc1ccccc1. The highest BCUT2D eigenvalue weighted by molar-refractivity contribution is 8.00. The Labute approximate surface area is 95.9 Å². The van der Waals surface area contributed by atoms with Crippen molar-refractivity contribution in [1.82, 2.24) is 0 Å². The van der Waals surface area contributed by atoms with Gasteiger partial charge in [0.25, 0.3) is 0 Å². The fourth-order valence-corrected chi connectivity index (χ4v) is 3.64. The van der Waals surface area contributed by atoms with Crippen LogP contribution in [-0.2, 0) is 0 Å². The third-order valence-corrected chi connectivity index (χ3v) is 4.93. The molecule has 14 heavy (non-hydrogen) atoms. The Bertz CT molecular complexity index is 271. The summed E-state index contributed by atoms with van der Waals surface area (Å²) in [4.78, 5) is 1.39. The second-order valence-corrected chi connectivity index (χ2v) is 5.80. The number of thiol groups is 1. The first-order valence-electron chi connectivity index (χ1n) is 5.26. The zero-order valence-corrected chi connectivity index (χ0v) is 9.94. The standard InChI is InChI=1S/C12H16S2/c13-11-8-4-5-9-12(11)14-10-6-2-1-3-7-10/h1-3,6-7,11-13H,4-5,8-9H2/t11-,12-/m1/s1. The molecule has 1 aromatic rings. The third kappa shape index (κ3) is 2.71. The molecule has 2 atom stereocenters. The first-order valence-corrected chi connectivity index (χ1v) is 6.65. The molecule has 0 aromatic heterocycles. The Morgan fingerprint density at radius 1 is 1.07 bits per heavy atom. The van der Waals surface area contributed by atoms with Crippen LogP contribution in [0.4, 0.5) is 0 Å². The van der Waals surface area contributed by atoms with Gasteiger partial charge in [-0.05, 0) is 25.0 Å². The zero-order chi connectivity index (χ0) is 9.80. The molecular weight excluding hydrogens is 208 g/mol. The maximum absolute atomic E-state index is 4.67. The molecule has 0 aliphatic heterocycles. The van der Waals surface area contributed by atoms with Crippen molar-refractivity contribution < 1.29 is 0 Å². The molecule has 2 rings (SSSR count). The van der Waals surface area contributed by atoms with E-state index in [-0.39, 0.29) is 0 Å². The van der Waals surface area contributed by atoms with Crippen molar-refractivity contribution in [3.8, 4) is 0 Å².